The zero-order valence-electron chi connectivity index (χ0n) is 13.2. The van der Waals surface area contributed by atoms with Crippen LogP contribution in [0.3, 0.4) is 0 Å². The molecule has 0 saturated carbocycles. The SMILES string of the molecule is CCOC(C)(C)CCC(C)CC1=CC(=CC(=O)O)CC1. The van der Waals surface area contributed by atoms with E-state index in [4.69, 9.17) is 9.84 Å². The Kier molecular flexibility index (Phi) is 6.47. The van der Waals surface area contributed by atoms with Crippen molar-refractivity contribution >= 4 is 5.97 Å². The van der Waals surface area contributed by atoms with Gasteiger partial charge in [0.1, 0.15) is 0 Å². The number of hydrogen-bond donors (Lipinski definition) is 1. The molecule has 20 heavy (non-hydrogen) atoms. The van der Waals surface area contributed by atoms with E-state index in [2.05, 4.69) is 26.8 Å². The smallest absolute Gasteiger partial charge is 0.328 e. The van der Waals surface area contributed by atoms with Gasteiger partial charge in [-0.3, -0.25) is 0 Å². The fourth-order valence-electron chi connectivity index (χ4n) is 2.75. The van der Waals surface area contributed by atoms with Crippen molar-refractivity contribution in [3.63, 3.8) is 0 Å². The summed E-state index contributed by atoms with van der Waals surface area (Å²) in [4.78, 5) is 10.6. The van der Waals surface area contributed by atoms with Crippen molar-refractivity contribution in [3.8, 4) is 0 Å². The molecule has 0 spiro atoms. The van der Waals surface area contributed by atoms with Gasteiger partial charge in [0.15, 0.2) is 0 Å². The molecule has 1 N–H and O–H groups in total. The summed E-state index contributed by atoms with van der Waals surface area (Å²) in [6.45, 7) is 9.35. The zero-order valence-corrected chi connectivity index (χ0v) is 13.2. The third-order valence-electron chi connectivity index (χ3n) is 3.82. The topological polar surface area (TPSA) is 46.5 Å². The molecule has 1 atom stereocenters. The maximum atomic E-state index is 10.6. The van der Waals surface area contributed by atoms with Gasteiger partial charge in [0.05, 0.1) is 5.60 Å². The first-order chi connectivity index (χ1) is 9.32. The molecule has 3 heteroatoms. The first-order valence-electron chi connectivity index (χ1n) is 7.59. The molecule has 0 aromatic carbocycles. The summed E-state index contributed by atoms with van der Waals surface area (Å²) in [6, 6.07) is 0. The van der Waals surface area contributed by atoms with Gasteiger partial charge in [0, 0.05) is 12.7 Å². The van der Waals surface area contributed by atoms with Crippen LogP contribution in [0.15, 0.2) is 23.3 Å². The molecule has 1 aliphatic carbocycles. The van der Waals surface area contributed by atoms with Crippen LogP contribution in [0.25, 0.3) is 0 Å². The number of rotatable bonds is 8. The van der Waals surface area contributed by atoms with Crippen LogP contribution in [0, 0.1) is 5.92 Å². The summed E-state index contributed by atoms with van der Waals surface area (Å²) in [6.07, 6.45) is 8.56. The normalized spacial score (nSPS) is 19.2. The monoisotopic (exact) mass is 280 g/mol. The van der Waals surface area contributed by atoms with E-state index in [0.29, 0.717) is 5.92 Å². The minimum atomic E-state index is -0.844. The largest absolute Gasteiger partial charge is 0.478 e. The maximum absolute atomic E-state index is 10.6. The van der Waals surface area contributed by atoms with Crippen LogP contribution in [0.2, 0.25) is 0 Å². The Hall–Kier alpha value is -1.09. The number of allylic oxidation sites excluding steroid dienone is 3. The molecule has 0 aromatic heterocycles. The molecule has 0 aliphatic heterocycles. The molecule has 3 nitrogen and oxygen atoms in total. The van der Waals surface area contributed by atoms with Gasteiger partial charge < -0.3 is 9.84 Å². The van der Waals surface area contributed by atoms with Gasteiger partial charge in [0.25, 0.3) is 0 Å². The molecule has 0 fully saturated rings. The second-order valence-corrected chi connectivity index (χ2v) is 6.40. The number of carbonyl (C=O) groups is 1. The van der Waals surface area contributed by atoms with Crippen LogP contribution < -0.4 is 0 Å². The quantitative estimate of drug-likeness (QED) is 0.673. The van der Waals surface area contributed by atoms with Gasteiger partial charge in [-0.25, -0.2) is 4.79 Å². The van der Waals surface area contributed by atoms with Crippen LogP contribution in [-0.4, -0.2) is 23.3 Å². The van der Waals surface area contributed by atoms with Crippen molar-refractivity contribution in [1.82, 2.24) is 0 Å². The molecule has 0 aromatic rings. The van der Waals surface area contributed by atoms with Gasteiger partial charge in [-0.1, -0.05) is 18.6 Å². The number of carboxylic acid groups (broad SMARTS) is 1. The lowest BCUT2D eigenvalue weighted by atomic mass is 9.91. The van der Waals surface area contributed by atoms with Crippen LogP contribution in [0.5, 0.6) is 0 Å². The van der Waals surface area contributed by atoms with Gasteiger partial charge >= 0.3 is 5.97 Å². The fraction of sp³-hybridized carbons (Fsp3) is 0.706. The van der Waals surface area contributed by atoms with Crippen LogP contribution in [0.1, 0.15) is 59.8 Å². The fourth-order valence-corrected chi connectivity index (χ4v) is 2.75. The lowest BCUT2D eigenvalue weighted by molar-refractivity contribution is -0.131. The number of aliphatic carboxylic acids is 1. The average Bonchev–Trinajstić information content (AvgIpc) is 2.73. The molecular formula is C17H28O3. The van der Waals surface area contributed by atoms with E-state index < -0.39 is 5.97 Å². The summed E-state index contributed by atoms with van der Waals surface area (Å²) in [5.74, 6) is -0.228. The summed E-state index contributed by atoms with van der Waals surface area (Å²) in [5, 5.41) is 8.75. The van der Waals surface area contributed by atoms with Crippen LogP contribution in [-0.2, 0) is 9.53 Å². The molecule has 0 saturated heterocycles. The number of hydrogen-bond acceptors (Lipinski definition) is 2. The Labute approximate surface area is 122 Å². The molecule has 1 rings (SSSR count). The Morgan fingerprint density at radius 3 is 2.80 bits per heavy atom. The van der Waals surface area contributed by atoms with Gasteiger partial charge in [-0.2, -0.15) is 0 Å². The second kappa shape index (κ2) is 7.63. The first kappa shape index (κ1) is 17.0. The summed E-state index contributed by atoms with van der Waals surface area (Å²) >= 11 is 0. The minimum Gasteiger partial charge on any atom is -0.478 e. The third kappa shape index (κ3) is 6.38. The molecule has 1 unspecified atom stereocenters. The van der Waals surface area contributed by atoms with Crippen molar-refractivity contribution in [2.24, 2.45) is 5.92 Å². The van der Waals surface area contributed by atoms with E-state index in [-0.39, 0.29) is 5.60 Å². The predicted molar refractivity (Wildman–Crippen MR) is 81.8 cm³/mol. The Bertz CT molecular complexity index is 391. The highest BCUT2D eigenvalue weighted by Crippen LogP contribution is 2.30. The Balaban J connectivity index is 2.40. The number of carboxylic acids is 1. The second-order valence-electron chi connectivity index (χ2n) is 6.40. The highest BCUT2D eigenvalue weighted by atomic mass is 16.5. The third-order valence-corrected chi connectivity index (χ3v) is 3.82. The van der Waals surface area contributed by atoms with E-state index in [0.717, 1.165) is 44.3 Å². The van der Waals surface area contributed by atoms with Crippen molar-refractivity contribution in [1.29, 1.82) is 0 Å². The summed E-state index contributed by atoms with van der Waals surface area (Å²) in [5.41, 5.74) is 2.30. The molecular weight excluding hydrogens is 252 g/mol. The zero-order chi connectivity index (χ0) is 15.2. The molecule has 0 heterocycles. The first-order valence-corrected chi connectivity index (χ1v) is 7.59. The van der Waals surface area contributed by atoms with E-state index in [1.807, 2.05) is 6.92 Å². The van der Waals surface area contributed by atoms with Crippen LogP contribution >= 0.6 is 0 Å². The Morgan fingerprint density at radius 2 is 2.20 bits per heavy atom. The lowest BCUT2D eigenvalue weighted by Crippen LogP contribution is -2.25. The van der Waals surface area contributed by atoms with E-state index in [1.54, 1.807) is 0 Å². The van der Waals surface area contributed by atoms with Crippen LogP contribution in [0.4, 0.5) is 0 Å². The van der Waals surface area contributed by atoms with Crippen molar-refractivity contribution < 1.29 is 14.6 Å². The average molecular weight is 280 g/mol. The highest BCUT2D eigenvalue weighted by molar-refractivity contribution is 5.81. The summed E-state index contributed by atoms with van der Waals surface area (Å²) < 4.78 is 5.72. The Morgan fingerprint density at radius 1 is 1.50 bits per heavy atom. The van der Waals surface area contributed by atoms with E-state index >= 15 is 0 Å². The lowest BCUT2D eigenvalue weighted by Gasteiger charge is -2.26. The molecule has 0 bridgehead atoms. The van der Waals surface area contributed by atoms with E-state index in [9.17, 15) is 4.79 Å². The molecule has 1 aliphatic rings. The molecule has 114 valence electrons. The maximum Gasteiger partial charge on any atom is 0.328 e. The van der Waals surface area contributed by atoms with Gasteiger partial charge in [-0.05, 0) is 64.4 Å². The standard InChI is InChI=1S/C17H28O3/c1-5-20-17(3,4)9-8-13(2)10-14-6-7-15(11-14)12-16(18)19/h11-13H,5-10H2,1-4H3,(H,18,19). The predicted octanol–water partition coefficient (Wildman–Crippen LogP) is 4.34. The molecule has 0 amide bonds. The molecule has 0 radical (unpaired) electrons. The van der Waals surface area contributed by atoms with Gasteiger partial charge in [0.2, 0.25) is 0 Å². The van der Waals surface area contributed by atoms with Crippen molar-refractivity contribution in [2.75, 3.05) is 6.61 Å². The highest BCUT2D eigenvalue weighted by Gasteiger charge is 2.20. The van der Waals surface area contributed by atoms with Crippen molar-refractivity contribution in [2.45, 2.75) is 65.4 Å². The van der Waals surface area contributed by atoms with Gasteiger partial charge in [-0.15, -0.1) is 0 Å². The number of ether oxygens (including phenoxy) is 1. The van der Waals surface area contributed by atoms with E-state index in [1.165, 1.54) is 11.6 Å². The van der Waals surface area contributed by atoms with Crippen molar-refractivity contribution in [3.05, 3.63) is 23.3 Å². The summed E-state index contributed by atoms with van der Waals surface area (Å²) in [7, 11) is 0. The minimum absolute atomic E-state index is 0.0402.